The molecule has 9 heteroatoms. The number of carbonyl (C=O) groups excluding carboxylic acids is 2. The molecule has 3 rings (SSSR count). The molecule has 156 valence electrons. The molecule has 1 N–H and O–H groups in total. The van der Waals surface area contributed by atoms with Gasteiger partial charge in [-0.3, -0.25) is 9.59 Å². The number of benzene rings is 2. The Morgan fingerprint density at radius 3 is 2.43 bits per heavy atom. The molecule has 0 saturated heterocycles. The van der Waals surface area contributed by atoms with E-state index in [1.807, 2.05) is 31.2 Å². The highest BCUT2D eigenvalue weighted by Crippen LogP contribution is 2.27. The number of carbonyl (C=O) groups is 2. The van der Waals surface area contributed by atoms with Crippen LogP contribution in [0.3, 0.4) is 0 Å². The fraction of sp³-hybridized carbons (Fsp3) is 0.238. The number of halogens is 2. The number of hydrogen-bond donors (Lipinski definition) is 1. The third kappa shape index (κ3) is 6.10. The van der Waals surface area contributed by atoms with E-state index < -0.39 is 0 Å². The summed E-state index contributed by atoms with van der Waals surface area (Å²) in [7, 11) is 0. The summed E-state index contributed by atoms with van der Waals surface area (Å²) in [6.45, 7) is 2.92. The Hall–Kier alpha value is -2.29. The molecule has 3 aromatic rings. The molecule has 2 aromatic carbocycles. The molecule has 0 bridgehead atoms. The maximum Gasteiger partial charge on any atom is 0.253 e. The Balaban J connectivity index is 1.57. The minimum atomic E-state index is -0.210. The zero-order valence-corrected chi connectivity index (χ0v) is 19.4. The van der Waals surface area contributed by atoms with Crippen LogP contribution >= 0.6 is 38.9 Å². The minimum Gasteiger partial charge on any atom is -0.338 e. The Kier molecular flexibility index (Phi) is 7.95. The second-order valence-corrected chi connectivity index (χ2v) is 8.85. The van der Waals surface area contributed by atoms with Crippen LogP contribution in [-0.2, 0) is 4.79 Å². The number of nitrogens with one attached hydrogen (secondary N) is 1. The number of amides is 2. The van der Waals surface area contributed by atoms with Crippen LogP contribution < -0.4 is 5.32 Å². The van der Waals surface area contributed by atoms with Gasteiger partial charge in [-0.25, -0.2) is 0 Å². The van der Waals surface area contributed by atoms with Gasteiger partial charge < -0.3 is 10.2 Å². The molecule has 30 heavy (non-hydrogen) atoms. The van der Waals surface area contributed by atoms with Gasteiger partial charge in [0.05, 0.1) is 0 Å². The van der Waals surface area contributed by atoms with Gasteiger partial charge in [-0.05, 0) is 42.8 Å². The van der Waals surface area contributed by atoms with Crippen LogP contribution in [0.4, 0.5) is 5.13 Å². The molecule has 0 saturated carbocycles. The Morgan fingerprint density at radius 1 is 1.07 bits per heavy atom. The molecule has 0 atom stereocenters. The summed E-state index contributed by atoms with van der Waals surface area (Å²) >= 11 is 10.6. The number of anilines is 1. The quantitative estimate of drug-likeness (QED) is 0.437. The standard InChI is InChI=1S/C21H20BrClN4O2S/c1-2-12-27(20(29)15-3-7-16(22)8-4-15)13-11-18(28)24-21-26-25-19(30-21)14-5-9-17(23)10-6-14/h3-10H,2,11-13H2,1H3,(H,24,26,28). The van der Waals surface area contributed by atoms with Gasteiger partial charge in [0.1, 0.15) is 5.01 Å². The fourth-order valence-electron chi connectivity index (χ4n) is 2.76. The van der Waals surface area contributed by atoms with Gasteiger partial charge in [0.15, 0.2) is 0 Å². The van der Waals surface area contributed by atoms with Crippen molar-refractivity contribution in [3.63, 3.8) is 0 Å². The second-order valence-electron chi connectivity index (χ2n) is 6.52. The van der Waals surface area contributed by atoms with Gasteiger partial charge in [0.2, 0.25) is 11.0 Å². The van der Waals surface area contributed by atoms with E-state index in [-0.39, 0.29) is 18.2 Å². The van der Waals surface area contributed by atoms with Gasteiger partial charge in [0.25, 0.3) is 5.91 Å². The molecule has 6 nitrogen and oxygen atoms in total. The van der Waals surface area contributed by atoms with Crippen LogP contribution in [0.25, 0.3) is 10.6 Å². The molecule has 0 fully saturated rings. The lowest BCUT2D eigenvalue weighted by molar-refractivity contribution is -0.116. The molecular formula is C21H20BrClN4O2S. The van der Waals surface area contributed by atoms with Gasteiger partial charge in [-0.2, -0.15) is 0 Å². The molecule has 0 unspecified atom stereocenters. The van der Waals surface area contributed by atoms with Crippen LogP contribution in [0.1, 0.15) is 30.1 Å². The predicted octanol–water partition coefficient (Wildman–Crippen LogP) is 5.50. The average molecular weight is 508 g/mol. The number of nitrogens with zero attached hydrogens (tertiary/aromatic N) is 3. The lowest BCUT2D eigenvalue weighted by Gasteiger charge is -2.22. The van der Waals surface area contributed by atoms with Crippen molar-refractivity contribution in [1.82, 2.24) is 15.1 Å². The minimum absolute atomic E-state index is 0.0851. The third-order valence-corrected chi connectivity index (χ3v) is 5.91. The van der Waals surface area contributed by atoms with Gasteiger partial charge >= 0.3 is 0 Å². The normalized spacial score (nSPS) is 10.6. The van der Waals surface area contributed by atoms with E-state index in [9.17, 15) is 9.59 Å². The molecule has 1 aromatic heterocycles. The van der Waals surface area contributed by atoms with E-state index in [0.29, 0.717) is 33.8 Å². The monoisotopic (exact) mass is 506 g/mol. The Labute approximate surface area is 192 Å². The van der Waals surface area contributed by atoms with Crippen LogP contribution in [0.2, 0.25) is 5.02 Å². The average Bonchev–Trinajstić information content (AvgIpc) is 3.20. The van der Waals surface area contributed by atoms with Crippen molar-refractivity contribution in [1.29, 1.82) is 0 Å². The second kappa shape index (κ2) is 10.7. The number of hydrogen-bond acceptors (Lipinski definition) is 5. The van der Waals surface area contributed by atoms with Crippen molar-refractivity contribution in [3.05, 3.63) is 63.6 Å². The smallest absolute Gasteiger partial charge is 0.253 e. The highest BCUT2D eigenvalue weighted by molar-refractivity contribution is 9.10. The largest absolute Gasteiger partial charge is 0.338 e. The van der Waals surface area contributed by atoms with Gasteiger partial charge in [-0.15, -0.1) is 10.2 Å². The van der Waals surface area contributed by atoms with Crippen LogP contribution in [0.15, 0.2) is 53.0 Å². The lowest BCUT2D eigenvalue weighted by atomic mass is 10.2. The summed E-state index contributed by atoms with van der Waals surface area (Å²) < 4.78 is 0.912. The van der Waals surface area contributed by atoms with Crippen LogP contribution in [0.5, 0.6) is 0 Å². The molecule has 0 spiro atoms. The van der Waals surface area contributed by atoms with Crippen molar-refractivity contribution in [2.24, 2.45) is 0 Å². The Morgan fingerprint density at radius 2 is 1.77 bits per heavy atom. The first-order valence-electron chi connectivity index (χ1n) is 9.40. The first-order chi connectivity index (χ1) is 14.5. The topological polar surface area (TPSA) is 75.2 Å². The van der Waals surface area contributed by atoms with Crippen molar-refractivity contribution in [3.8, 4) is 10.6 Å². The van der Waals surface area contributed by atoms with E-state index in [2.05, 4.69) is 31.4 Å². The van der Waals surface area contributed by atoms with E-state index in [4.69, 9.17) is 11.6 Å². The maximum atomic E-state index is 12.8. The number of aromatic nitrogens is 2. The highest BCUT2D eigenvalue weighted by atomic mass is 79.9. The van der Waals surface area contributed by atoms with Crippen molar-refractivity contribution < 1.29 is 9.59 Å². The maximum absolute atomic E-state index is 12.8. The summed E-state index contributed by atoms with van der Waals surface area (Å²) in [5, 5.41) is 12.7. The first-order valence-corrected chi connectivity index (χ1v) is 11.4. The van der Waals surface area contributed by atoms with Crippen molar-refractivity contribution in [2.45, 2.75) is 19.8 Å². The molecule has 1 heterocycles. The lowest BCUT2D eigenvalue weighted by Crippen LogP contribution is -2.34. The van der Waals surface area contributed by atoms with Gasteiger partial charge in [-0.1, -0.05) is 57.9 Å². The zero-order chi connectivity index (χ0) is 21.5. The molecular weight excluding hydrogens is 488 g/mol. The van der Waals surface area contributed by atoms with E-state index in [0.717, 1.165) is 16.5 Å². The summed E-state index contributed by atoms with van der Waals surface area (Å²) in [6, 6.07) is 14.5. The SMILES string of the molecule is CCCN(CCC(=O)Nc1nnc(-c2ccc(Cl)cc2)s1)C(=O)c1ccc(Br)cc1. The predicted molar refractivity (Wildman–Crippen MR) is 124 cm³/mol. The molecule has 2 amide bonds. The van der Waals surface area contributed by atoms with Crippen molar-refractivity contribution >= 4 is 55.8 Å². The van der Waals surface area contributed by atoms with Gasteiger partial charge in [0, 0.05) is 40.1 Å². The molecule has 0 aliphatic rings. The summed E-state index contributed by atoms with van der Waals surface area (Å²) in [5.41, 5.74) is 1.48. The van der Waals surface area contributed by atoms with E-state index >= 15 is 0 Å². The molecule has 0 aliphatic heterocycles. The highest BCUT2D eigenvalue weighted by Gasteiger charge is 2.17. The van der Waals surface area contributed by atoms with E-state index in [1.165, 1.54) is 11.3 Å². The number of rotatable bonds is 8. The van der Waals surface area contributed by atoms with Crippen LogP contribution in [-0.4, -0.2) is 40.0 Å². The summed E-state index contributed by atoms with van der Waals surface area (Å²) in [6.07, 6.45) is 0.989. The third-order valence-electron chi connectivity index (χ3n) is 4.24. The molecule has 0 radical (unpaired) electrons. The first kappa shape index (κ1) is 22.4. The van der Waals surface area contributed by atoms with Crippen molar-refractivity contribution in [2.75, 3.05) is 18.4 Å². The van der Waals surface area contributed by atoms with Crippen LogP contribution in [0, 0.1) is 0 Å². The zero-order valence-electron chi connectivity index (χ0n) is 16.3. The molecule has 0 aliphatic carbocycles. The summed E-state index contributed by atoms with van der Waals surface area (Å²) in [5.74, 6) is -0.295. The van der Waals surface area contributed by atoms with E-state index in [1.54, 1.807) is 29.2 Å². The summed E-state index contributed by atoms with van der Waals surface area (Å²) in [4.78, 5) is 26.8. The fourth-order valence-corrected chi connectivity index (χ4v) is 3.92. The Bertz CT molecular complexity index is 1010.